The average molecular weight is 280 g/mol. The number of hydrogen-bond donors (Lipinski definition) is 1. The van der Waals surface area contributed by atoms with Gasteiger partial charge in [0.25, 0.3) is 0 Å². The van der Waals surface area contributed by atoms with Gasteiger partial charge in [0.2, 0.25) is 0 Å². The molecule has 0 atom stereocenters. The molecule has 104 valence electrons. The minimum atomic E-state index is -4.05. The maximum absolute atomic E-state index is 11.9. The van der Waals surface area contributed by atoms with E-state index in [-0.39, 0.29) is 11.8 Å². The minimum absolute atomic E-state index is 0.0189. The summed E-state index contributed by atoms with van der Waals surface area (Å²) >= 11 is 1.54. The predicted octanol–water partition coefficient (Wildman–Crippen LogP) is 3.87. The summed E-state index contributed by atoms with van der Waals surface area (Å²) in [6, 6.07) is 0. The van der Waals surface area contributed by atoms with Gasteiger partial charge in [-0.15, -0.1) is 11.3 Å². The molecule has 0 amide bonds. The fourth-order valence-electron chi connectivity index (χ4n) is 1.35. The third kappa shape index (κ3) is 5.82. The highest BCUT2D eigenvalue weighted by molar-refractivity contribution is 7.09. The Morgan fingerprint density at radius 1 is 1.28 bits per heavy atom. The summed E-state index contributed by atoms with van der Waals surface area (Å²) in [4.78, 5) is 4.46. The highest BCUT2D eigenvalue weighted by atomic mass is 32.1. The van der Waals surface area contributed by atoms with E-state index >= 15 is 0 Å². The van der Waals surface area contributed by atoms with Gasteiger partial charge in [0.1, 0.15) is 5.01 Å². The minimum Gasteiger partial charge on any atom is -0.310 e. The lowest BCUT2D eigenvalue weighted by Gasteiger charge is -2.14. The smallest absolute Gasteiger partial charge is 0.310 e. The molecule has 0 saturated heterocycles. The Labute approximate surface area is 110 Å². The molecule has 0 spiro atoms. The van der Waals surface area contributed by atoms with Crippen LogP contribution in [0.25, 0.3) is 0 Å². The van der Waals surface area contributed by atoms with Crippen molar-refractivity contribution in [2.24, 2.45) is 0 Å². The van der Waals surface area contributed by atoms with Crippen LogP contribution in [-0.4, -0.2) is 17.7 Å². The molecule has 1 N–H and O–H groups in total. The molecule has 0 aliphatic carbocycles. The number of aromatic nitrogens is 1. The summed E-state index contributed by atoms with van der Waals surface area (Å²) in [6.07, 6.45) is -4.67. The fourth-order valence-corrected chi connectivity index (χ4v) is 2.34. The molecule has 1 aromatic rings. The van der Waals surface area contributed by atoms with Gasteiger partial charge in [-0.3, -0.25) is 0 Å². The summed E-state index contributed by atoms with van der Waals surface area (Å²) in [5.74, 6) is 0. The van der Waals surface area contributed by atoms with Gasteiger partial charge in [-0.1, -0.05) is 20.8 Å². The van der Waals surface area contributed by atoms with Gasteiger partial charge < -0.3 is 5.32 Å². The van der Waals surface area contributed by atoms with E-state index in [1.54, 1.807) is 11.3 Å². The zero-order valence-electron chi connectivity index (χ0n) is 10.9. The van der Waals surface area contributed by atoms with Gasteiger partial charge in [-0.25, -0.2) is 4.98 Å². The first kappa shape index (κ1) is 15.4. The summed E-state index contributed by atoms with van der Waals surface area (Å²) in [6.45, 7) is 7.16. The third-order valence-electron chi connectivity index (χ3n) is 2.41. The SMILES string of the molecule is CC(C)(C)c1csc(CNCCCC(F)(F)F)n1. The fraction of sp³-hybridized carbons (Fsp3) is 0.750. The van der Waals surface area contributed by atoms with Gasteiger partial charge in [0, 0.05) is 23.8 Å². The van der Waals surface area contributed by atoms with Gasteiger partial charge >= 0.3 is 6.18 Å². The maximum atomic E-state index is 11.9. The van der Waals surface area contributed by atoms with Crippen LogP contribution < -0.4 is 5.32 Å². The molecule has 0 saturated carbocycles. The van der Waals surface area contributed by atoms with Gasteiger partial charge in [-0.2, -0.15) is 13.2 Å². The Morgan fingerprint density at radius 2 is 1.94 bits per heavy atom. The van der Waals surface area contributed by atoms with E-state index in [0.717, 1.165) is 10.7 Å². The van der Waals surface area contributed by atoms with Crippen LogP contribution in [0.15, 0.2) is 5.38 Å². The van der Waals surface area contributed by atoms with Crippen LogP contribution in [0.1, 0.15) is 44.3 Å². The van der Waals surface area contributed by atoms with Crippen molar-refractivity contribution in [2.75, 3.05) is 6.54 Å². The molecule has 2 nitrogen and oxygen atoms in total. The monoisotopic (exact) mass is 280 g/mol. The molecule has 1 rings (SSSR count). The van der Waals surface area contributed by atoms with E-state index in [1.165, 1.54) is 0 Å². The van der Waals surface area contributed by atoms with Crippen LogP contribution in [0.2, 0.25) is 0 Å². The molecule has 1 heterocycles. The first-order valence-corrected chi connectivity index (χ1v) is 6.79. The summed E-state index contributed by atoms with van der Waals surface area (Å²) in [5, 5.41) is 5.92. The standard InChI is InChI=1S/C12H19F3N2S/c1-11(2,3)9-8-18-10(17-9)7-16-6-4-5-12(13,14)15/h8,16H,4-7H2,1-3H3. The molecule has 1 aromatic heterocycles. The second kappa shape index (κ2) is 6.02. The van der Waals surface area contributed by atoms with Crippen LogP contribution >= 0.6 is 11.3 Å². The van der Waals surface area contributed by atoms with Crippen molar-refractivity contribution in [3.63, 3.8) is 0 Å². The Balaban J connectivity index is 2.26. The third-order valence-corrected chi connectivity index (χ3v) is 3.26. The molecule has 0 unspecified atom stereocenters. The lowest BCUT2D eigenvalue weighted by Crippen LogP contribution is -2.18. The van der Waals surface area contributed by atoms with Crippen molar-refractivity contribution in [1.29, 1.82) is 0 Å². The second-order valence-electron chi connectivity index (χ2n) is 5.27. The highest BCUT2D eigenvalue weighted by Gasteiger charge is 2.25. The van der Waals surface area contributed by atoms with Crippen molar-refractivity contribution in [2.45, 2.75) is 51.7 Å². The number of nitrogens with zero attached hydrogens (tertiary/aromatic N) is 1. The number of rotatable bonds is 5. The number of thiazole rings is 1. The van der Waals surface area contributed by atoms with Crippen LogP contribution in [0.4, 0.5) is 13.2 Å². The quantitative estimate of drug-likeness (QED) is 0.828. The largest absolute Gasteiger partial charge is 0.389 e. The molecular weight excluding hydrogens is 261 g/mol. The van der Waals surface area contributed by atoms with Crippen molar-refractivity contribution in [1.82, 2.24) is 10.3 Å². The van der Waals surface area contributed by atoms with Crippen molar-refractivity contribution in [3.05, 3.63) is 16.1 Å². The molecule has 0 bridgehead atoms. The van der Waals surface area contributed by atoms with Gasteiger partial charge in [0.15, 0.2) is 0 Å². The van der Waals surface area contributed by atoms with E-state index < -0.39 is 12.6 Å². The molecule has 0 radical (unpaired) electrons. The van der Waals surface area contributed by atoms with E-state index in [0.29, 0.717) is 13.1 Å². The zero-order valence-corrected chi connectivity index (χ0v) is 11.7. The Morgan fingerprint density at radius 3 is 2.44 bits per heavy atom. The van der Waals surface area contributed by atoms with Crippen LogP contribution in [0, 0.1) is 0 Å². The van der Waals surface area contributed by atoms with E-state index in [1.807, 2.05) is 5.38 Å². The normalized spacial score (nSPS) is 13.0. The van der Waals surface area contributed by atoms with Crippen molar-refractivity contribution >= 4 is 11.3 Å². The number of hydrogen-bond acceptors (Lipinski definition) is 3. The number of halogens is 3. The molecule has 0 fully saturated rings. The summed E-state index contributed by atoms with van der Waals surface area (Å²) in [7, 11) is 0. The zero-order chi connectivity index (χ0) is 13.8. The van der Waals surface area contributed by atoms with Gasteiger partial charge in [0.05, 0.1) is 5.69 Å². The van der Waals surface area contributed by atoms with Crippen LogP contribution in [-0.2, 0) is 12.0 Å². The van der Waals surface area contributed by atoms with E-state index in [9.17, 15) is 13.2 Å². The topological polar surface area (TPSA) is 24.9 Å². The maximum Gasteiger partial charge on any atom is 0.389 e. The van der Waals surface area contributed by atoms with Crippen molar-refractivity contribution < 1.29 is 13.2 Å². The molecule has 18 heavy (non-hydrogen) atoms. The summed E-state index contributed by atoms with van der Waals surface area (Å²) < 4.78 is 35.7. The lowest BCUT2D eigenvalue weighted by molar-refractivity contribution is -0.135. The molecule has 0 aliphatic rings. The molecule has 0 aliphatic heterocycles. The number of alkyl halides is 3. The van der Waals surface area contributed by atoms with Gasteiger partial charge in [-0.05, 0) is 13.0 Å². The van der Waals surface area contributed by atoms with Crippen LogP contribution in [0.3, 0.4) is 0 Å². The molecule has 6 heteroatoms. The Hall–Kier alpha value is -0.620. The average Bonchev–Trinajstić information content (AvgIpc) is 2.63. The Kier molecular flexibility index (Phi) is 5.16. The van der Waals surface area contributed by atoms with Crippen molar-refractivity contribution in [3.8, 4) is 0 Å². The first-order chi connectivity index (χ1) is 8.18. The molecular formula is C12H19F3N2S. The molecule has 0 aromatic carbocycles. The highest BCUT2D eigenvalue weighted by Crippen LogP contribution is 2.24. The lowest BCUT2D eigenvalue weighted by atomic mass is 9.93. The first-order valence-electron chi connectivity index (χ1n) is 5.91. The number of nitrogens with one attached hydrogen (secondary N) is 1. The van der Waals surface area contributed by atoms with E-state index in [2.05, 4.69) is 31.1 Å². The van der Waals surface area contributed by atoms with Crippen LogP contribution in [0.5, 0.6) is 0 Å². The van der Waals surface area contributed by atoms with E-state index in [4.69, 9.17) is 0 Å². The summed E-state index contributed by atoms with van der Waals surface area (Å²) in [5.41, 5.74) is 1.05. The Bertz CT molecular complexity index is 366. The second-order valence-corrected chi connectivity index (χ2v) is 6.21. The predicted molar refractivity (Wildman–Crippen MR) is 67.8 cm³/mol.